The molecule has 0 spiro atoms. The Kier molecular flexibility index (Phi) is 2.12. The largest absolute Gasteiger partial charge is 0.312 e. The Bertz CT molecular complexity index is 65.5. The van der Waals surface area contributed by atoms with Crippen molar-refractivity contribution in [2.24, 2.45) is 5.92 Å². The van der Waals surface area contributed by atoms with Crippen LogP contribution in [0.5, 0.6) is 0 Å². The molecule has 1 nitrogen and oxygen atoms in total. The monoisotopic (exact) mass is 127 g/mol. The van der Waals surface area contributed by atoms with Crippen LogP contribution >= 0.6 is 0 Å². The molecule has 1 aliphatic heterocycles. The maximum absolute atomic E-state index is 3.51. The zero-order valence-corrected chi connectivity index (χ0v) is 6.65. The molecule has 0 aromatic carbocycles. The molecule has 0 aromatic rings. The van der Waals surface area contributed by atoms with Crippen LogP contribution in [0, 0.1) is 5.92 Å². The Morgan fingerprint density at radius 2 is 1.44 bits per heavy atom. The van der Waals surface area contributed by atoms with E-state index in [1.807, 2.05) is 0 Å². The van der Waals surface area contributed by atoms with E-state index in [1.165, 1.54) is 12.8 Å². The average molecular weight is 127 g/mol. The van der Waals surface area contributed by atoms with Gasteiger partial charge >= 0.3 is 0 Å². The molecule has 1 rings (SSSR count). The van der Waals surface area contributed by atoms with E-state index < -0.39 is 0 Å². The number of nitrogens with one attached hydrogen (secondary N) is 1. The molecule has 1 unspecified atom stereocenters. The van der Waals surface area contributed by atoms with Gasteiger partial charge in [-0.3, -0.25) is 0 Å². The molecule has 0 aliphatic carbocycles. The summed E-state index contributed by atoms with van der Waals surface area (Å²) in [6.45, 7) is 6.88. The van der Waals surface area contributed by atoms with E-state index in [0.717, 1.165) is 18.0 Å². The summed E-state index contributed by atoms with van der Waals surface area (Å²) in [5, 5.41) is 3.51. The fourth-order valence-electron chi connectivity index (χ4n) is 1.93. The van der Waals surface area contributed by atoms with Crippen molar-refractivity contribution < 1.29 is 0 Å². The predicted molar refractivity (Wildman–Crippen MR) is 40.5 cm³/mol. The van der Waals surface area contributed by atoms with Gasteiger partial charge in [0.25, 0.3) is 0 Å². The summed E-state index contributed by atoms with van der Waals surface area (Å²) >= 11 is 0. The second-order valence-corrected chi connectivity index (χ2v) is 3.55. The zero-order valence-electron chi connectivity index (χ0n) is 6.65. The second-order valence-electron chi connectivity index (χ2n) is 3.55. The van der Waals surface area contributed by atoms with Gasteiger partial charge < -0.3 is 5.32 Å². The van der Waals surface area contributed by atoms with Crippen molar-refractivity contribution in [3.05, 3.63) is 0 Å². The highest BCUT2D eigenvalue weighted by Gasteiger charge is 2.18. The number of hydrogen-bond acceptors (Lipinski definition) is 1. The average Bonchev–Trinajstić information content (AvgIpc) is 1.59. The van der Waals surface area contributed by atoms with Gasteiger partial charge in [-0.05, 0) is 32.6 Å². The minimum absolute atomic E-state index is 0.740. The highest BCUT2D eigenvalue weighted by molar-refractivity contribution is 4.77. The van der Waals surface area contributed by atoms with Gasteiger partial charge in [0, 0.05) is 12.1 Å². The molecule has 1 heteroatoms. The van der Waals surface area contributed by atoms with E-state index in [9.17, 15) is 0 Å². The topological polar surface area (TPSA) is 12.0 Å². The number of rotatable bonds is 0. The van der Waals surface area contributed by atoms with Crippen molar-refractivity contribution in [2.75, 3.05) is 0 Å². The molecule has 1 fully saturated rings. The van der Waals surface area contributed by atoms with Crippen molar-refractivity contribution in [3.8, 4) is 0 Å². The summed E-state index contributed by atoms with van der Waals surface area (Å²) in [7, 11) is 0. The highest BCUT2D eigenvalue weighted by Crippen LogP contribution is 2.18. The summed E-state index contributed by atoms with van der Waals surface area (Å²) in [5.41, 5.74) is 0. The van der Waals surface area contributed by atoms with Gasteiger partial charge in [-0.2, -0.15) is 0 Å². The van der Waals surface area contributed by atoms with E-state index in [4.69, 9.17) is 0 Å². The summed E-state index contributed by atoms with van der Waals surface area (Å²) in [5.74, 6) is 0.927. The molecule has 0 amide bonds. The maximum atomic E-state index is 3.51. The first-order valence-electron chi connectivity index (χ1n) is 3.94. The van der Waals surface area contributed by atoms with E-state index in [0.29, 0.717) is 0 Å². The summed E-state index contributed by atoms with van der Waals surface area (Å²) in [6, 6.07) is 1.48. The SMILES string of the molecule is CC1C[C@@H](C)N[C@@H](C)C1. The molecule has 3 atom stereocenters. The first kappa shape index (κ1) is 7.07. The molecule has 1 N–H and O–H groups in total. The first-order chi connectivity index (χ1) is 4.18. The lowest BCUT2D eigenvalue weighted by Crippen LogP contribution is -2.41. The normalized spacial score (nSPS) is 45.0. The van der Waals surface area contributed by atoms with E-state index in [1.54, 1.807) is 0 Å². The van der Waals surface area contributed by atoms with Crippen molar-refractivity contribution in [3.63, 3.8) is 0 Å². The van der Waals surface area contributed by atoms with Crippen LogP contribution in [-0.2, 0) is 0 Å². The van der Waals surface area contributed by atoms with E-state index in [2.05, 4.69) is 26.1 Å². The van der Waals surface area contributed by atoms with Gasteiger partial charge in [-0.1, -0.05) is 6.92 Å². The molecule has 9 heavy (non-hydrogen) atoms. The molecule has 0 radical (unpaired) electrons. The molecule has 1 aliphatic rings. The molecular formula is C8H17N. The van der Waals surface area contributed by atoms with E-state index >= 15 is 0 Å². The van der Waals surface area contributed by atoms with Gasteiger partial charge in [0.2, 0.25) is 0 Å². The van der Waals surface area contributed by atoms with Crippen LogP contribution in [0.2, 0.25) is 0 Å². The van der Waals surface area contributed by atoms with Crippen molar-refractivity contribution in [1.82, 2.24) is 5.32 Å². The first-order valence-corrected chi connectivity index (χ1v) is 3.94. The van der Waals surface area contributed by atoms with Crippen LogP contribution in [0.3, 0.4) is 0 Å². The summed E-state index contributed by atoms with van der Waals surface area (Å²) in [6.07, 6.45) is 2.70. The lowest BCUT2D eigenvalue weighted by Gasteiger charge is -2.30. The third-order valence-electron chi connectivity index (χ3n) is 2.08. The number of hydrogen-bond donors (Lipinski definition) is 1. The fraction of sp³-hybridized carbons (Fsp3) is 1.00. The lowest BCUT2D eigenvalue weighted by atomic mass is 9.91. The lowest BCUT2D eigenvalue weighted by molar-refractivity contribution is 0.279. The van der Waals surface area contributed by atoms with Crippen LogP contribution in [-0.4, -0.2) is 12.1 Å². The van der Waals surface area contributed by atoms with Gasteiger partial charge in [-0.15, -0.1) is 0 Å². The van der Waals surface area contributed by atoms with Crippen molar-refractivity contribution in [1.29, 1.82) is 0 Å². The number of piperidine rings is 1. The summed E-state index contributed by atoms with van der Waals surface area (Å²) < 4.78 is 0. The molecule has 1 heterocycles. The molecule has 0 saturated carbocycles. The molecular weight excluding hydrogens is 110 g/mol. The Morgan fingerprint density at radius 1 is 1.00 bits per heavy atom. The van der Waals surface area contributed by atoms with Crippen LogP contribution in [0.25, 0.3) is 0 Å². The maximum Gasteiger partial charge on any atom is 0.00437 e. The summed E-state index contributed by atoms with van der Waals surface area (Å²) in [4.78, 5) is 0. The van der Waals surface area contributed by atoms with Crippen molar-refractivity contribution >= 4 is 0 Å². The van der Waals surface area contributed by atoms with Gasteiger partial charge in [0.05, 0.1) is 0 Å². The molecule has 1 saturated heterocycles. The minimum atomic E-state index is 0.740. The standard InChI is InChI=1S/C8H17N/c1-6-4-7(2)9-8(3)5-6/h6-9H,4-5H2,1-3H3/t6?,7-,8+. The van der Waals surface area contributed by atoms with Gasteiger partial charge in [0.15, 0.2) is 0 Å². The Labute approximate surface area is 57.8 Å². The van der Waals surface area contributed by atoms with Crippen molar-refractivity contribution in [2.45, 2.75) is 45.7 Å². The predicted octanol–water partition coefficient (Wildman–Crippen LogP) is 1.78. The fourth-order valence-corrected chi connectivity index (χ4v) is 1.93. The van der Waals surface area contributed by atoms with Gasteiger partial charge in [-0.25, -0.2) is 0 Å². The van der Waals surface area contributed by atoms with Crippen LogP contribution in [0.4, 0.5) is 0 Å². The third-order valence-corrected chi connectivity index (χ3v) is 2.08. The van der Waals surface area contributed by atoms with Crippen LogP contribution < -0.4 is 5.32 Å². The molecule has 0 bridgehead atoms. The minimum Gasteiger partial charge on any atom is -0.312 e. The zero-order chi connectivity index (χ0) is 6.85. The van der Waals surface area contributed by atoms with Crippen LogP contribution in [0.1, 0.15) is 33.6 Å². The van der Waals surface area contributed by atoms with Gasteiger partial charge in [0.1, 0.15) is 0 Å². The van der Waals surface area contributed by atoms with E-state index in [-0.39, 0.29) is 0 Å². The second kappa shape index (κ2) is 2.70. The Hall–Kier alpha value is -0.0400. The molecule has 0 aromatic heterocycles. The third kappa shape index (κ3) is 1.98. The quantitative estimate of drug-likeness (QED) is 0.523. The Balaban J connectivity index is 2.34. The van der Waals surface area contributed by atoms with Crippen LogP contribution in [0.15, 0.2) is 0 Å². The smallest absolute Gasteiger partial charge is 0.00437 e. The highest BCUT2D eigenvalue weighted by atomic mass is 14.9. The molecule has 54 valence electrons. The Morgan fingerprint density at radius 3 is 1.78 bits per heavy atom.